The van der Waals surface area contributed by atoms with Crippen molar-refractivity contribution in [2.75, 3.05) is 19.7 Å². The van der Waals surface area contributed by atoms with E-state index in [0.717, 1.165) is 25.7 Å². The van der Waals surface area contributed by atoms with Gasteiger partial charge in [0.1, 0.15) is 12.6 Å². The Bertz CT molecular complexity index is 1060. The van der Waals surface area contributed by atoms with Gasteiger partial charge in [0.2, 0.25) is 5.91 Å². The summed E-state index contributed by atoms with van der Waals surface area (Å²) in [4.78, 5) is 38.2. The van der Waals surface area contributed by atoms with Crippen LogP contribution >= 0.6 is 0 Å². The first kappa shape index (κ1) is 23.4. The fraction of sp³-hybridized carbons (Fsp3) is 0.464. The van der Waals surface area contributed by atoms with Crippen molar-refractivity contribution in [2.45, 2.75) is 50.5 Å². The van der Waals surface area contributed by atoms with Crippen molar-refractivity contribution in [3.63, 3.8) is 0 Å². The molecular weight excluding hydrogens is 444 g/mol. The zero-order valence-electron chi connectivity index (χ0n) is 19.8. The molecule has 2 aromatic rings. The molecule has 1 heterocycles. The molecule has 184 valence electrons. The van der Waals surface area contributed by atoms with Crippen LogP contribution in [-0.2, 0) is 14.3 Å². The lowest BCUT2D eigenvalue weighted by Gasteiger charge is -2.39. The Morgan fingerprint density at radius 3 is 2.17 bits per heavy atom. The number of rotatable bonds is 8. The molecular formula is C28H32N2O5. The van der Waals surface area contributed by atoms with Crippen molar-refractivity contribution >= 4 is 18.0 Å². The number of carboxylic acids is 1. The largest absolute Gasteiger partial charge is 0.480 e. The van der Waals surface area contributed by atoms with Gasteiger partial charge >= 0.3 is 12.1 Å². The monoisotopic (exact) mass is 476 g/mol. The Labute approximate surface area is 205 Å². The molecule has 0 spiro atoms. The van der Waals surface area contributed by atoms with E-state index in [1.165, 1.54) is 27.2 Å². The number of alkyl carbamates (subject to hydrolysis) is 1. The molecule has 2 atom stereocenters. The van der Waals surface area contributed by atoms with Gasteiger partial charge in [0.25, 0.3) is 0 Å². The Balaban J connectivity index is 1.18. The molecule has 2 N–H and O–H groups in total. The standard InChI is InChI=1S/C28H32N2O5/c31-26(30-14-13-25(30)27(32)33)15-19(18-7-1-2-8-18)16-29-28(34)35-17-24-22-11-5-3-9-20(22)21-10-4-6-12-23(21)24/h3-6,9-12,18-19,24-25H,1-2,7-8,13-17H2,(H,29,34)(H,32,33). The first-order valence-electron chi connectivity index (χ1n) is 12.6. The zero-order chi connectivity index (χ0) is 24.4. The highest BCUT2D eigenvalue weighted by molar-refractivity contribution is 5.85. The third-order valence-corrected chi connectivity index (χ3v) is 7.98. The molecule has 5 rings (SSSR count). The summed E-state index contributed by atoms with van der Waals surface area (Å²) in [7, 11) is 0. The minimum Gasteiger partial charge on any atom is -0.480 e. The number of nitrogens with one attached hydrogen (secondary N) is 1. The molecule has 3 aliphatic rings. The number of amides is 2. The smallest absolute Gasteiger partial charge is 0.407 e. The second-order valence-corrected chi connectivity index (χ2v) is 9.95. The maximum Gasteiger partial charge on any atom is 0.407 e. The summed E-state index contributed by atoms with van der Waals surface area (Å²) in [5.74, 6) is -0.730. The molecule has 1 aliphatic heterocycles. The number of carboxylic acid groups (broad SMARTS) is 1. The summed E-state index contributed by atoms with van der Waals surface area (Å²) >= 11 is 0. The molecule has 1 saturated heterocycles. The maximum absolute atomic E-state index is 12.8. The maximum atomic E-state index is 12.8. The van der Waals surface area contributed by atoms with Crippen molar-refractivity contribution in [2.24, 2.45) is 11.8 Å². The van der Waals surface area contributed by atoms with Gasteiger partial charge in [-0.3, -0.25) is 4.79 Å². The van der Waals surface area contributed by atoms with E-state index in [4.69, 9.17) is 4.74 Å². The van der Waals surface area contributed by atoms with Gasteiger partial charge in [-0.15, -0.1) is 0 Å². The minimum atomic E-state index is -0.946. The van der Waals surface area contributed by atoms with E-state index in [1.54, 1.807) is 0 Å². The van der Waals surface area contributed by atoms with Crippen LogP contribution in [0.4, 0.5) is 4.79 Å². The molecule has 2 fully saturated rings. The van der Waals surface area contributed by atoms with E-state index < -0.39 is 18.1 Å². The van der Waals surface area contributed by atoms with E-state index in [1.807, 2.05) is 24.3 Å². The zero-order valence-corrected chi connectivity index (χ0v) is 19.8. The van der Waals surface area contributed by atoms with Crippen molar-refractivity contribution in [1.29, 1.82) is 0 Å². The number of ether oxygens (including phenoxy) is 1. The van der Waals surface area contributed by atoms with E-state index in [0.29, 0.717) is 25.4 Å². The summed E-state index contributed by atoms with van der Waals surface area (Å²) in [6.45, 7) is 1.10. The van der Waals surface area contributed by atoms with Gasteiger partial charge in [-0.2, -0.15) is 0 Å². The number of hydrogen-bond acceptors (Lipinski definition) is 4. The van der Waals surface area contributed by atoms with Crippen LogP contribution in [0, 0.1) is 11.8 Å². The van der Waals surface area contributed by atoms with Gasteiger partial charge in [0.05, 0.1) is 0 Å². The lowest BCUT2D eigenvalue weighted by molar-refractivity contribution is -0.157. The first-order valence-corrected chi connectivity index (χ1v) is 12.6. The molecule has 2 aliphatic carbocycles. The van der Waals surface area contributed by atoms with Gasteiger partial charge < -0.3 is 20.1 Å². The molecule has 7 heteroatoms. The molecule has 0 aromatic heterocycles. The van der Waals surface area contributed by atoms with Crippen LogP contribution in [0.15, 0.2) is 48.5 Å². The van der Waals surface area contributed by atoms with E-state index in [-0.39, 0.29) is 30.8 Å². The van der Waals surface area contributed by atoms with E-state index in [9.17, 15) is 19.5 Å². The van der Waals surface area contributed by atoms with Gasteiger partial charge in [0, 0.05) is 25.4 Å². The molecule has 7 nitrogen and oxygen atoms in total. The summed E-state index contributed by atoms with van der Waals surface area (Å²) < 4.78 is 5.66. The SMILES string of the molecule is O=C(NCC(CC(=O)N1CCC1C(=O)O)C1CCCC1)OCC1c2ccccc2-c2ccccc21. The summed E-state index contributed by atoms with van der Waals surface area (Å²) in [6, 6.07) is 15.7. The number of hydrogen-bond donors (Lipinski definition) is 2. The topological polar surface area (TPSA) is 95.9 Å². The predicted molar refractivity (Wildman–Crippen MR) is 131 cm³/mol. The Morgan fingerprint density at radius 1 is 0.971 bits per heavy atom. The number of aliphatic carboxylic acids is 1. The fourth-order valence-corrected chi connectivity index (χ4v) is 5.98. The predicted octanol–water partition coefficient (Wildman–Crippen LogP) is 4.41. The number of benzene rings is 2. The van der Waals surface area contributed by atoms with Crippen molar-refractivity contribution in [3.8, 4) is 11.1 Å². The van der Waals surface area contributed by atoms with Crippen LogP contribution in [0.3, 0.4) is 0 Å². The average Bonchev–Trinajstić information content (AvgIpc) is 3.46. The Kier molecular flexibility index (Phi) is 6.75. The van der Waals surface area contributed by atoms with Gasteiger partial charge in [-0.25, -0.2) is 9.59 Å². The quantitative estimate of drug-likeness (QED) is 0.589. The number of likely N-dealkylation sites (tertiary alicyclic amines) is 1. The highest BCUT2D eigenvalue weighted by Gasteiger charge is 2.39. The third-order valence-electron chi connectivity index (χ3n) is 7.98. The fourth-order valence-electron chi connectivity index (χ4n) is 5.98. The van der Waals surface area contributed by atoms with E-state index in [2.05, 4.69) is 29.6 Å². The summed E-state index contributed by atoms with van der Waals surface area (Å²) in [6.07, 6.45) is 4.61. The number of fused-ring (bicyclic) bond motifs is 3. The average molecular weight is 477 g/mol. The summed E-state index contributed by atoms with van der Waals surface area (Å²) in [5.41, 5.74) is 4.70. The first-order chi connectivity index (χ1) is 17.0. The molecule has 2 unspecified atom stereocenters. The summed E-state index contributed by atoms with van der Waals surface area (Å²) in [5, 5.41) is 12.2. The molecule has 2 aromatic carbocycles. The van der Waals surface area contributed by atoms with Crippen LogP contribution in [0.5, 0.6) is 0 Å². The second-order valence-electron chi connectivity index (χ2n) is 9.95. The molecule has 0 radical (unpaired) electrons. The molecule has 35 heavy (non-hydrogen) atoms. The van der Waals surface area contributed by atoms with Crippen molar-refractivity contribution in [3.05, 3.63) is 59.7 Å². The third kappa shape index (κ3) is 4.77. The number of carbonyl (C=O) groups is 3. The van der Waals surface area contributed by atoms with Crippen LogP contribution in [0.2, 0.25) is 0 Å². The van der Waals surface area contributed by atoms with E-state index >= 15 is 0 Å². The number of carbonyl (C=O) groups excluding carboxylic acids is 2. The van der Waals surface area contributed by atoms with Crippen LogP contribution < -0.4 is 5.32 Å². The highest BCUT2D eigenvalue weighted by atomic mass is 16.5. The minimum absolute atomic E-state index is 0.000254. The van der Waals surface area contributed by atoms with Crippen LogP contribution in [0.25, 0.3) is 11.1 Å². The van der Waals surface area contributed by atoms with Crippen LogP contribution in [0.1, 0.15) is 55.6 Å². The molecule has 2 amide bonds. The lowest BCUT2D eigenvalue weighted by atomic mass is 9.86. The van der Waals surface area contributed by atoms with Crippen LogP contribution in [-0.4, -0.2) is 53.7 Å². The second kappa shape index (κ2) is 10.1. The normalized spacial score (nSPS) is 20.0. The Hall–Kier alpha value is -3.35. The molecule has 0 bridgehead atoms. The van der Waals surface area contributed by atoms with Gasteiger partial charge in [-0.05, 0) is 40.5 Å². The van der Waals surface area contributed by atoms with Crippen molar-refractivity contribution < 1.29 is 24.2 Å². The van der Waals surface area contributed by atoms with Gasteiger partial charge in [-0.1, -0.05) is 74.2 Å². The lowest BCUT2D eigenvalue weighted by Crippen LogP contribution is -2.55. The van der Waals surface area contributed by atoms with Gasteiger partial charge in [0.15, 0.2) is 0 Å². The highest BCUT2D eigenvalue weighted by Crippen LogP contribution is 2.44. The van der Waals surface area contributed by atoms with Crippen molar-refractivity contribution in [1.82, 2.24) is 10.2 Å². The number of nitrogens with zero attached hydrogens (tertiary/aromatic N) is 1. The Morgan fingerprint density at radius 2 is 1.60 bits per heavy atom. The molecule has 1 saturated carbocycles.